The van der Waals surface area contributed by atoms with E-state index in [1.807, 2.05) is 6.92 Å². The van der Waals surface area contributed by atoms with Gasteiger partial charge in [0.25, 0.3) is 0 Å². The fourth-order valence-corrected chi connectivity index (χ4v) is 1.88. The number of hydrogen-bond acceptors (Lipinski definition) is 3. The van der Waals surface area contributed by atoms with E-state index in [0.29, 0.717) is 5.92 Å². The molecule has 0 unspecified atom stereocenters. The molecular weight excluding hydrogens is 200 g/mol. The van der Waals surface area contributed by atoms with Gasteiger partial charge >= 0.3 is 0 Å². The second kappa shape index (κ2) is 6.71. The number of rotatable bonds is 4. The second-order valence-corrected chi connectivity index (χ2v) is 4.76. The van der Waals surface area contributed by atoms with E-state index in [-0.39, 0.29) is 0 Å². The van der Waals surface area contributed by atoms with Gasteiger partial charge in [-0.25, -0.2) is 0 Å². The third kappa shape index (κ3) is 5.33. The van der Waals surface area contributed by atoms with Crippen LogP contribution in [0.3, 0.4) is 0 Å². The van der Waals surface area contributed by atoms with Crippen molar-refractivity contribution in [2.24, 2.45) is 11.7 Å². The lowest BCUT2D eigenvalue weighted by molar-refractivity contribution is 0.0425. The molecule has 0 radical (unpaired) electrons. The first-order valence-electron chi connectivity index (χ1n) is 6.02. The summed E-state index contributed by atoms with van der Waals surface area (Å²) in [6.45, 7) is 11.0. The molecule has 1 saturated heterocycles. The lowest BCUT2D eigenvalue weighted by atomic mass is 10.1. The minimum Gasteiger partial charge on any atom is -0.402 e. The molecule has 0 saturated carbocycles. The maximum absolute atomic E-state index is 5.75. The van der Waals surface area contributed by atoms with Crippen molar-refractivity contribution >= 4 is 0 Å². The highest BCUT2D eigenvalue weighted by Crippen LogP contribution is 2.09. The van der Waals surface area contributed by atoms with Crippen molar-refractivity contribution in [3.05, 3.63) is 23.4 Å². The Balaban J connectivity index is 2.59. The maximum Gasteiger partial charge on any atom is 0.0594 e. The van der Waals surface area contributed by atoms with Gasteiger partial charge in [0.2, 0.25) is 0 Å². The molecule has 2 N–H and O–H groups in total. The molecule has 0 aromatic carbocycles. The zero-order chi connectivity index (χ0) is 12.0. The number of nitrogens with zero attached hydrogens (tertiary/aromatic N) is 1. The van der Waals surface area contributed by atoms with Crippen LogP contribution < -0.4 is 5.73 Å². The molecule has 1 heterocycles. The fraction of sp³-hybridized carbons (Fsp3) is 0.692. The van der Waals surface area contributed by atoms with Crippen molar-refractivity contribution < 1.29 is 4.74 Å². The molecule has 0 aliphatic carbocycles. The van der Waals surface area contributed by atoms with Crippen LogP contribution in [-0.4, -0.2) is 37.7 Å². The lowest BCUT2D eigenvalue weighted by Crippen LogP contribution is -2.37. The summed E-state index contributed by atoms with van der Waals surface area (Å²) >= 11 is 0. The summed E-state index contributed by atoms with van der Waals surface area (Å²) in [6.07, 6.45) is 4.36. The molecule has 0 aromatic rings. The number of ether oxygens (including phenoxy) is 1. The van der Waals surface area contributed by atoms with Crippen molar-refractivity contribution in [2.75, 3.05) is 32.8 Å². The van der Waals surface area contributed by atoms with Crippen LogP contribution in [0.25, 0.3) is 0 Å². The van der Waals surface area contributed by atoms with Crippen LogP contribution in [0.15, 0.2) is 23.4 Å². The van der Waals surface area contributed by atoms with E-state index in [0.717, 1.165) is 38.5 Å². The molecule has 0 aromatic heterocycles. The molecular formula is C13H24N2O. The minimum atomic E-state index is 0.562. The van der Waals surface area contributed by atoms with E-state index in [9.17, 15) is 0 Å². The predicted octanol–water partition coefficient (Wildman–Crippen LogP) is 1.76. The van der Waals surface area contributed by atoms with Gasteiger partial charge in [-0.3, -0.25) is 4.90 Å². The highest BCUT2D eigenvalue weighted by Gasteiger charge is 2.11. The monoisotopic (exact) mass is 224 g/mol. The van der Waals surface area contributed by atoms with Gasteiger partial charge in [0.05, 0.1) is 13.2 Å². The molecule has 1 aliphatic rings. The first-order valence-corrected chi connectivity index (χ1v) is 6.02. The molecule has 0 bridgehead atoms. The predicted molar refractivity (Wildman–Crippen MR) is 68.1 cm³/mol. The summed E-state index contributed by atoms with van der Waals surface area (Å²) in [5.41, 5.74) is 7.94. The smallest absolute Gasteiger partial charge is 0.0594 e. The third-order valence-electron chi connectivity index (χ3n) is 2.47. The van der Waals surface area contributed by atoms with E-state index in [2.05, 4.69) is 30.9 Å². The summed E-state index contributed by atoms with van der Waals surface area (Å²) in [4.78, 5) is 2.41. The van der Waals surface area contributed by atoms with Crippen LogP contribution in [0.2, 0.25) is 0 Å². The van der Waals surface area contributed by atoms with Crippen molar-refractivity contribution in [2.45, 2.75) is 20.8 Å². The number of morpholine rings is 1. The standard InChI is InChI=1S/C13H24N2O/c1-11(2)8-13(9-12(3)14)10-15-4-6-16-7-5-15/h8-9,11H,4-7,10,14H2,1-3H3/b12-9-,13-8+. The number of nitrogens with two attached hydrogens (primary N) is 1. The molecule has 92 valence electrons. The Morgan fingerprint density at radius 1 is 1.38 bits per heavy atom. The van der Waals surface area contributed by atoms with E-state index < -0.39 is 0 Å². The highest BCUT2D eigenvalue weighted by atomic mass is 16.5. The van der Waals surface area contributed by atoms with Crippen molar-refractivity contribution in [3.8, 4) is 0 Å². The van der Waals surface area contributed by atoms with Crippen molar-refractivity contribution in [3.63, 3.8) is 0 Å². The molecule has 3 heteroatoms. The van der Waals surface area contributed by atoms with Gasteiger partial charge in [-0.1, -0.05) is 19.9 Å². The topological polar surface area (TPSA) is 38.5 Å². The number of allylic oxidation sites excluding steroid dienone is 2. The van der Waals surface area contributed by atoms with Gasteiger partial charge in [0.1, 0.15) is 0 Å². The molecule has 0 amide bonds. The van der Waals surface area contributed by atoms with E-state index >= 15 is 0 Å². The molecule has 0 atom stereocenters. The lowest BCUT2D eigenvalue weighted by Gasteiger charge is -2.27. The summed E-state index contributed by atoms with van der Waals surface area (Å²) in [5, 5.41) is 0. The van der Waals surface area contributed by atoms with Gasteiger partial charge in [-0.15, -0.1) is 0 Å². The molecule has 0 spiro atoms. The van der Waals surface area contributed by atoms with Gasteiger partial charge in [-0.2, -0.15) is 0 Å². The average molecular weight is 224 g/mol. The Hall–Kier alpha value is -0.800. The Morgan fingerprint density at radius 3 is 2.50 bits per heavy atom. The van der Waals surface area contributed by atoms with Crippen LogP contribution in [0.1, 0.15) is 20.8 Å². The van der Waals surface area contributed by atoms with Crippen LogP contribution >= 0.6 is 0 Å². The zero-order valence-electron chi connectivity index (χ0n) is 10.7. The Morgan fingerprint density at radius 2 is 2.00 bits per heavy atom. The second-order valence-electron chi connectivity index (χ2n) is 4.76. The van der Waals surface area contributed by atoms with Crippen LogP contribution in [-0.2, 0) is 4.74 Å². The first-order chi connectivity index (χ1) is 7.58. The quantitative estimate of drug-likeness (QED) is 0.740. The average Bonchev–Trinajstić information content (AvgIpc) is 2.16. The molecule has 1 fully saturated rings. The summed E-state index contributed by atoms with van der Waals surface area (Å²) in [7, 11) is 0. The maximum atomic E-state index is 5.75. The van der Waals surface area contributed by atoms with E-state index in [4.69, 9.17) is 10.5 Å². The molecule has 16 heavy (non-hydrogen) atoms. The molecule has 1 aliphatic heterocycles. The Bertz CT molecular complexity index is 259. The summed E-state index contributed by atoms with van der Waals surface area (Å²) < 4.78 is 5.34. The largest absolute Gasteiger partial charge is 0.402 e. The van der Waals surface area contributed by atoms with Crippen LogP contribution in [0.5, 0.6) is 0 Å². The summed E-state index contributed by atoms with van der Waals surface area (Å²) in [5.74, 6) is 0.562. The van der Waals surface area contributed by atoms with Crippen LogP contribution in [0.4, 0.5) is 0 Å². The van der Waals surface area contributed by atoms with Crippen LogP contribution in [0, 0.1) is 5.92 Å². The minimum absolute atomic E-state index is 0.562. The number of hydrogen-bond donors (Lipinski definition) is 1. The first kappa shape index (κ1) is 13.3. The normalized spacial score (nSPS) is 20.5. The van der Waals surface area contributed by atoms with E-state index in [1.165, 1.54) is 5.57 Å². The fourth-order valence-electron chi connectivity index (χ4n) is 1.88. The Kier molecular flexibility index (Phi) is 5.56. The highest BCUT2D eigenvalue weighted by molar-refractivity contribution is 5.23. The molecule has 1 rings (SSSR count). The van der Waals surface area contributed by atoms with Gasteiger partial charge < -0.3 is 10.5 Å². The van der Waals surface area contributed by atoms with Gasteiger partial charge in [0.15, 0.2) is 0 Å². The van der Waals surface area contributed by atoms with Gasteiger partial charge in [0, 0.05) is 25.3 Å². The van der Waals surface area contributed by atoms with Crippen molar-refractivity contribution in [1.29, 1.82) is 0 Å². The zero-order valence-corrected chi connectivity index (χ0v) is 10.7. The van der Waals surface area contributed by atoms with Crippen molar-refractivity contribution in [1.82, 2.24) is 4.90 Å². The molecule has 3 nitrogen and oxygen atoms in total. The summed E-state index contributed by atoms with van der Waals surface area (Å²) in [6, 6.07) is 0. The van der Waals surface area contributed by atoms with Gasteiger partial charge in [-0.05, 0) is 24.5 Å². The Labute approximate surface area is 98.9 Å². The third-order valence-corrected chi connectivity index (χ3v) is 2.47. The van der Waals surface area contributed by atoms with E-state index in [1.54, 1.807) is 0 Å². The SMILES string of the molecule is C/C(N)=C/C(=C\C(C)C)CN1CCOCC1.